The minimum atomic E-state index is -0.172. The fourth-order valence-corrected chi connectivity index (χ4v) is 5.50. The maximum absolute atomic E-state index is 12.6. The zero-order chi connectivity index (χ0) is 22.2. The van der Waals surface area contributed by atoms with Crippen molar-refractivity contribution in [3.63, 3.8) is 0 Å². The lowest BCUT2D eigenvalue weighted by Gasteiger charge is -2.35. The van der Waals surface area contributed by atoms with Gasteiger partial charge in [0.15, 0.2) is 0 Å². The molecule has 4 aromatic heterocycles. The molecule has 0 atom stereocenters. The Morgan fingerprint density at radius 2 is 2.03 bits per heavy atom. The molecule has 4 aromatic rings. The van der Waals surface area contributed by atoms with E-state index in [2.05, 4.69) is 38.1 Å². The first kappa shape index (κ1) is 20.7. The van der Waals surface area contributed by atoms with Gasteiger partial charge < -0.3 is 19.6 Å². The summed E-state index contributed by atoms with van der Waals surface area (Å²) in [7, 11) is 1.61. The third kappa shape index (κ3) is 3.67. The molecule has 5 rings (SSSR count). The molecule has 1 fully saturated rings. The lowest BCUT2D eigenvalue weighted by Crippen LogP contribution is -2.45. The summed E-state index contributed by atoms with van der Waals surface area (Å²) >= 11 is 1.75. The number of hydrogen-bond acceptors (Lipinski definition) is 6. The van der Waals surface area contributed by atoms with Crippen LogP contribution >= 0.6 is 11.3 Å². The average molecular weight is 451 g/mol. The Bertz CT molecular complexity index is 1330. The summed E-state index contributed by atoms with van der Waals surface area (Å²) < 4.78 is 2.04. The standard InChI is InChI=1S/C23H26N6O2S/c1-3-15-6-7-29-20(15)22(31)26-19-12-17(32-23(19)29)14-27-8-10-28(11-9-27)16-4-5-18(25-13-16)21(30)24-2/h4-7,12-13H,3,8-11,14H2,1-2H3,(H,24,30)(H,26,31). The number of fused-ring (bicyclic) bond motifs is 3. The topological polar surface area (TPSA) is 85.7 Å². The molecule has 0 spiro atoms. The molecular formula is C23H26N6O2S. The minimum absolute atomic E-state index is 0.0200. The number of nitrogens with one attached hydrogen (secondary N) is 2. The van der Waals surface area contributed by atoms with Crippen LogP contribution in [0.4, 0.5) is 5.69 Å². The largest absolute Gasteiger partial charge is 0.368 e. The molecule has 1 aliphatic rings. The normalized spacial score (nSPS) is 15.0. The number of pyridine rings is 1. The Hall–Kier alpha value is -3.17. The van der Waals surface area contributed by atoms with Gasteiger partial charge in [-0.2, -0.15) is 0 Å². The fourth-order valence-electron chi connectivity index (χ4n) is 4.36. The van der Waals surface area contributed by atoms with Crippen LogP contribution < -0.4 is 15.8 Å². The summed E-state index contributed by atoms with van der Waals surface area (Å²) in [5.41, 5.74) is 4.20. The van der Waals surface area contributed by atoms with Gasteiger partial charge in [0.25, 0.3) is 11.5 Å². The molecule has 1 amide bonds. The molecule has 0 bridgehead atoms. The van der Waals surface area contributed by atoms with Crippen LogP contribution in [0.1, 0.15) is 27.9 Å². The highest BCUT2D eigenvalue weighted by atomic mass is 32.1. The smallest absolute Gasteiger partial charge is 0.273 e. The Morgan fingerprint density at radius 1 is 1.22 bits per heavy atom. The zero-order valence-corrected chi connectivity index (χ0v) is 19.0. The van der Waals surface area contributed by atoms with Crippen molar-refractivity contribution in [1.29, 1.82) is 0 Å². The zero-order valence-electron chi connectivity index (χ0n) is 18.2. The third-order valence-corrected chi connectivity index (χ3v) is 7.24. The molecule has 9 heteroatoms. The molecule has 0 saturated carbocycles. The summed E-state index contributed by atoms with van der Waals surface area (Å²) in [6.45, 7) is 6.65. The molecule has 166 valence electrons. The highest BCUT2D eigenvalue weighted by Gasteiger charge is 2.20. The number of aryl methyl sites for hydroxylation is 1. The van der Waals surface area contributed by atoms with Crippen LogP contribution in [0.15, 0.2) is 41.5 Å². The number of amides is 1. The minimum Gasteiger partial charge on any atom is -0.368 e. The van der Waals surface area contributed by atoms with Crippen molar-refractivity contribution in [2.45, 2.75) is 19.9 Å². The quantitative estimate of drug-likeness (QED) is 0.488. The lowest BCUT2D eigenvalue weighted by molar-refractivity contribution is 0.0958. The van der Waals surface area contributed by atoms with Crippen molar-refractivity contribution < 1.29 is 4.79 Å². The van der Waals surface area contributed by atoms with Crippen LogP contribution in [-0.4, -0.2) is 58.4 Å². The van der Waals surface area contributed by atoms with Crippen LogP contribution in [0.5, 0.6) is 0 Å². The molecule has 1 saturated heterocycles. The molecule has 8 nitrogen and oxygen atoms in total. The number of carbonyl (C=O) groups is 1. The van der Waals surface area contributed by atoms with E-state index >= 15 is 0 Å². The predicted molar refractivity (Wildman–Crippen MR) is 128 cm³/mol. The van der Waals surface area contributed by atoms with Gasteiger partial charge >= 0.3 is 0 Å². The number of anilines is 1. The first-order valence-electron chi connectivity index (χ1n) is 10.9. The maximum Gasteiger partial charge on any atom is 0.273 e. The predicted octanol–water partition coefficient (Wildman–Crippen LogP) is 2.48. The number of H-pyrrole nitrogens is 1. The number of rotatable bonds is 5. The Kier molecular flexibility index (Phi) is 5.44. The third-order valence-electron chi connectivity index (χ3n) is 6.12. The molecule has 2 N–H and O–H groups in total. The summed E-state index contributed by atoms with van der Waals surface area (Å²) in [4.78, 5) is 38.7. The van der Waals surface area contributed by atoms with Gasteiger partial charge in [-0.25, -0.2) is 4.98 Å². The van der Waals surface area contributed by atoms with Crippen LogP contribution in [0.2, 0.25) is 0 Å². The van der Waals surface area contributed by atoms with Gasteiger partial charge in [0, 0.05) is 50.8 Å². The summed E-state index contributed by atoms with van der Waals surface area (Å²) in [5.74, 6) is -0.172. The fraction of sp³-hybridized carbons (Fsp3) is 0.348. The first-order valence-corrected chi connectivity index (χ1v) is 11.7. The number of carbonyl (C=O) groups excluding carboxylic acids is 1. The van der Waals surface area contributed by atoms with Crippen LogP contribution in [-0.2, 0) is 13.0 Å². The van der Waals surface area contributed by atoms with Crippen LogP contribution in [0, 0.1) is 0 Å². The van der Waals surface area contributed by atoms with Gasteiger partial charge in [-0.15, -0.1) is 11.3 Å². The first-order chi connectivity index (χ1) is 15.6. The van der Waals surface area contributed by atoms with Gasteiger partial charge in [-0.1, -0.05) is 6.92 Å². The van der Waals surface area contributed by atoms with Gasteiger partial charge in [0.2, 0.25) is 0 Å². The second kappa shape index (κ2) is 8.40. The van der Waals surface area contributed by atoms with Gasteiger partial charge in [-0.3, -0.25) is 14.5 Å². The number of hydrogen-bond donors (Lipinski definition) is 2. The number of aromatic amines is 1. The molecule has 5 heterocycles. The number of nitrogens with zero attached hydrogens (tertiary/aromatic N) is 4. The number of piperazine rings is 1. The highest BCUT2D eigenvalue weighted by molar-refractivity contribution is 7.18. The van der Waals surface area contributed by atoms with Crippen LogP contribution in [0.25, 0.3) is 15.9 Å². The van der Waals surface area contributed by atoms with Gasteiger partial charge in [0.1, 0.15) is 16.0 Å². The van der Waals surface area contributed by atoms with Crippen molar-refractivity contribution in [3.8, 4) is 0 Å². The molecule has 0 aromatic carbocycles. The van der Waals surface area contributed by atoms with E-state index < -0.39 is 0 Å². The highest BCUT2D eigenvalue weighted by Crippen LogP contribution is 2.27. The second-order valence-corrected chi connectivity index (χ2v) is 9.16. The molecule has 0 unspecified atom stereocenters. The Morgan fingerprint density at radius 3 is 2.72 bits per heavy atom. The van der Waals surface area contributed by atoms with Gasteiger partial charge in [0.05, 0.1) is 17.4 Å². The molecular weight excluding hydrogens is 424 g/mol. The van der Waals surface area contributed by atoms with Crippen molar-refractivity contribution in [2.24, 2.45) is 0 Å². The van der Waals surface area contributed by atoms with E-state index in [9.17, 15) is 9.59 Å². The van der Waals surface area contributed by atoms with Crippen molar-refractivity contribution in [1.82, 2.24) is 24.6 Å². The van der Waals surface area contributed by atoms with E-state index in [0.29, 0.717) is 5.69 Å². The SMILES string of the molecule is CCc1ccn2c1c(=O)[nH]c1cc(CN3CCN(c4ccc(C(=O)NC)nc4)CC3)sc12. The number of thiophene rings is 1. The monoisotopic (exact) mass is 450 g/mol. The number of aromatic nitrogens is 3. The van der Waals surface area contributed by atoms with Crippen LogP contribution in [0.3, 0.4) is 0 Å². The van der Waals surface area contributed by atoms with Gasteiger partial charge in [-0.05, 0) is 36.2 Å². The molecule has 0 aliphatic carbocycles. The average Bonchev–Trinajstić information content (AvgIpc) is 3.43. The van der Waals surface area contributed by atoms with E-state index in [4.69, 9.17) is 0 Å². The summed E-state index contributed by atoms with van der Waals surface area (Å²) in [6, 6.07) is 7.88. The Balaban J connectivity index is 1.28. The van der Waals surface area contributed by atoms with E-state index in [-0.39, 0.29) is 11.5 Å². The van der Waals surface area contributed by atoms with E-state index in [1.54, 1.807) is 30.6 Å². The van der Waals surface area contributed by atoms with E-state index in [1.807, 2.05) is 22.7 Å². The summed E-state index contributed by atoms with van der Waals surface area (Å²) in [6.07, 6.45) is 4.63. The molecule has 0 radical (unpaired) electrons. The molecule has 32 heavy (non-hydrogen) atoms. The lowest BCUT2D eigenvalue weighted by atomic mass is 10.2. The van der Waals surface area contributed by atoms with Crippen molar-refractivity contribution in [2.75, 3.05) is 38.1 Å². The van der Waals surface area contributed by atoms with Crippen molar-refractivity contribution >= 4 is 38.8 Å². The summed E-state index contributed by atoms with van der Waals surface area (Å²) in [5, 5.41) is 2.59. The van der Waals surface area contributed by atoms with Crippen molar-refractivity contribution in [3.05, 3.63) is 63.1 Å². The maximum atomic E-state index is 12.6. The Labute approximate surface area is 189 Å². The second-order valence-electron chi connectivity index (χ2n) is 8.04. The van der Waals surface area contributed by atoms with E-state index in [0.717, 1.165) is 66.3 Å². The van der Waals surface area contributed by atoms with E-state index in [1.165, 1.54) is 4.88 Å². The molecule has 1 aliphatic heterocycles.